The third kappa shape index (κ3) is 2.61. The Morgan fingerprint density at radius 2 is 2.11 bits per heavy atom. The molecule has 19 heavy (non-hydrogen) atoms. The molecule has 1 aliphatic heterocycles. The van der Waals surface area contributed by atoms with Gasteiger partial charge in [-0.3, -0.25) is 0 Å². The maximum absolute atomic E-state index is 6.20. The first kappa shape index (κ1) is 13.6. The van der Waals surface area contributed by atoms with E-state index >= 15 is 0 Å². The average Bonchev–Trinajstić information content (AvgIpc) is 2.81. The third-order valence-electron chi connectivity index (χ3n) is 4.53. The van der Waals surface area contributed by atoms with Gasteiger partial charge in [-0.25, -0.2) is 0 Å². The Balaban J connectivity index is 1.77. The number of aryl methyl sites for hydroxylation is 1. The minimum Gasteiger partial charge on any atom is -0.368 e. The number of fused-ring (bicyclic) bond motifs is 1. The normalized spacial score (nSPS) is 32.2. The monoisotopic (exact) mass is 279 g/mol. The smallest absolute Gasteiger partial charge is 0.0787 e. The SMILES string of the molecule is CC1(C)CC(NC2CCCc3sccc32)C(C)(C)O1. The largest absolute Gasteiger partial charge is 0.368 e. The second kappa shape index (κ2) is 4.57. The van der Waals surface area contributed by atoms with Crippen molar-refractivity contribution < 1.29 is 4.74 Å². The van der Waals surface area contributed by atoms with Crippen LogP contribution < -0.4 is 5.32 Å². The van der Waals surface area contributed by atoms with E-state index in [0.717, 1.165) is 6.42 Å². The van der Waals surface area contributed by atoms with Gasteiger partial charge in [0.1, 0.15) is 0 Å². The molecular weight excluding hydrogens is 254 g/mol. The molecule has 2 heterocycles. The molecule has 2 unspecified atom stereocenters. The molecule has 0 radical (unpaired) electrons. The van der Waals surface area contributed by atoms with Crippen LogP contribution in [0.4, 0.5) is 0 Å². The molecule has 0 aromatic carbocycles. The van der Waals surface area contributed by atoms with Crippen molar-refractivity contribution in [1.29, 1.82) is 0 Å². The summed E-state index contributed by atoms with van der Waals surface area (Å²) in [6, 6.07) is 3.28. The third-order valence-corrected chi connectivity index (χ3v) is 5.53. The number of hydrogen-bond acceptors (Lipinski definition) is 3. The van der Waals surface area contributed by atoms with E-state index in [-0.39, 0.29) is 11.2 Å². The highest BCUT2D eigenvalue weighted by Crippen LogP contribution is 2.40. The highest BCUT2D eigenvalue weighted by Gasteiger charge is 2.46. The zero-order valence-corrected chi connectivity index (χ0v) is 13.3. The summed E-state index contributed by atoms with van der Waals surface area (Å²) >= 11 is 1.92. The van der Waals surface area contributed by atoms with E-state index in [4.69, 9.17) is 4.74 Å². The minimum atomic E-state index is -0.0723. The molecule has 3 rings (SSSR count). The van der Waals surface area contributed by atoms with Gasteiger partial charge in [0.25, 0.3) is 0 Å². The molecule has 0 saturated carbocycles. The first-order chi connectivity index (χ1) is 8.87. The number of rotatable bonds is 2. The van der Waals surface area contributed by atoms with Crippen molar-refractivity contribution in [3.63, 3.8) is 0 Å². The molecule has 1 fully saturated rings. The number of ether oxygens (including phenoxy) is 1. The Kier molecular flexibility index (Phi) is 3.27. The molecule has 1 aromatic rings. The van der Waals surface area contributed by atoms with Gasteiger partial charge >= 0.3 is 0 Å². The first-order valence-corrected chi connectivity index (χ1v) is 8.28. The molecule has 3 heteroatoms. The van der Waals surface area contributed by atoms with E-state index in [1.165, 1.54) is 24.8 Å². The predicted octanol–water partition coefficient (Wildman–Crippen LogP) is 4.06. The quantitative estimate of drug-likeness (QED) is 0.881. The standard InChI is InChI=1S/C16H25NOS/c1-15(2)10-14(16(3,4)18-15)17-12-6-5-7-13-11(12)8-9-19-13/h8-9,12,14,17H,5-7,10H2,1-4H3. The zero-order chi connectivity index (χ0) is 13.7. The second-order valence-corrected chi connectivity index (χ2v) is 8.13. The predicted molar refractivity (Wildman–Crippen MR) is 80.8 cm³/mol. The van der Waals surface area contributed by atoms with Crippen molar-refractivity contribution in [3.05, 3.63) is 21.9 Å². The van der Waals surface area contributed by atoms with Crippen molar-refractivity contribution in [3.8, 4) is 0 Å². The van der Waals surface area contributed by atoms with E-state index < -0.39 is 0 Å². The number of hydrogen-bond donors (Lipinski definition) is 1. The minimum absolute atomic E-state index is 0.00664. The first-order valence-electron chi connectivity index (χ1n) is 7.40. The van der Waals surface area contributed by atoms with E-state index in [9.17, 15) is 0 Å². The maximum Gasteiger partial charge on any atom is 0.0787 e. The van der Waals surface area contributed by atoms with Gasteiger partial charge in [0.15, 0.2) is 0 Å². The second-order valence-electron chi connectivity index (χ2n) is 7.13. The van der Waals surface area contributed by atoms with E-state index in [0.29, 0.717) is 12.1 Å². The van der Waals surface area contributed by atoms with E-state index in [1.54, 1.807) is 4.88 Å². The fraction of sp³-hybridized carbons (Fsp3) is 0.750. The fourth-order valence-electron chi connectivity index (χ4n) is 3.72. The van der Waals surface area contributed by atoms with Gasteiger partial charge in [-0.05, 0) is 70.4 Å². The van der Waals surface area contributed by atoms with Crippen LogP contribution >= 0.6 is 11.3 Å². The van der Waals surface area contributed by atoms with Crippen LogP contribution in [0.5, 0.6) is 0 Å². The Labute approximate surface area is 120 Å². The topological polar surface area (TPSA) is 21.3 Å². The Bertz CT molecular complexity index is 463. The van der Waals surface area contributed by atoms with Crippen LogP contribution in [0.25, 0.3) is 0 Å². The highest BCUT2D eigenvalue weighted by molar-refractivity contribution is 7.10. The summed E-state index contributed by atoms with van der Waals surface area (Å²) in [7, 11) is 0. The Hall–Kier alpha value is -0.380. The van der Waals surface area contributed by atoms with Crippen LogP contribution in [0.1, 0.15) is 63.4 Å². The summed E-state index contributed by atoms with van der Waals surface area (Å²) in [5.41, 5.74) is 1.46. The Morgan fingerprint density at radius 1 is 1.32 bits per heavy atom. The van der Waals surface area contributed by atoms with Crippen molar-refractivity contribution in [2.24, 2.45) is 0 Å². The molecule has 1 aliphatic carbocycles. The van der Waals surface area contributed by atoms with Crippen LogP contribution in [0.2, 0.25) is 0 Å². The fourth-order valence-corrected chi connectivity index (χ4v) is 4.71. The summed E-state index contributed by atoms with van der Waals surface area (Å²) in [6.07, 6.45) is 4.93. The number of nitrogens with one attached hydrogen (secondary N) is 1. The van der Waals surface area contributed by atoms with Gasteiger partial charge in [0.05, 0.1) is 11.2 Å². The molecule has 2 aliphatic rings. The molecule has 1 N–H and O–H groups in total. The van der Waals surface area contributed by atoms with Crippen LogP contribution in [-0.2, 0) is 11.2 Å². The summed E-state index contributed by atoms with van der Waals surface area (Å²) in [4.78, 5) is 1.58. The molecule has 2 atom stereocenters. The van der Waals surface area contributed by atoms with Gasteiger partial charge < -0.3 is 10.1 Å². The molecule has 1 saturated heterocycles. The van der Waals surface area contributed by atoms with Crippen LogP contribution in [0.3, 0.4) is 0 Å². The molecular formula is C16H25NOS. The molecule has 106 valence electrons. The van der Waals surface area contributed by atoms with Gasteiger partial charge in [0, 0.05) is 17.0 Å². The number of thiophene rings is 1. The van der Waals surface area contributed by atoms with Gasteiger partial charge in [-0.2, -0.15) is 0 Å². The van der Waals surface area contributed by atoms with Gasteiger partial charge in [-0.15, -0.1) is 11.3 Å². The van der Waals surface area contributed by atoms with Crippen molar-refractivity contribution >= 4 is 11.3 Å². The highest BCUT2D eigenvalue weighted by atomic mass is 32.1. The Morgan fingerprint density at radius 3 is 2.79 bits per heavy atom. The average molecular weight is 279 g/mol. The zero-order valence-electron chi connectivity index (χ0n) is 12.5. The van der Waals surface area contributed by atoms with Crippen LogP contribution in [0.15, 0.2) is 11.4 Å². The van der Waals surface area contributed by atoms with Crippen LogP contribution in [-0.4, -0.2) is 17.2 Å². The summed E-state index contributed by atoms with van der Waals surface area (Å²) in [5, 5.41) is 6.13. The lowest BCUT2D eigenvalue weighted by atomic mass is 9.89. The summed E-state index contributed by atoms with van der Waals surface area (Å²) < 4.78 is 6.20. The molecule has 1 aromatic heterocycles. The molecule has 0 amide bonds. The van der Waals surface area contributed by atoms with E-state index in [2.05, 4.69) is 44.5 Å². The van der Waals surface area contributed by atoms with Crippen molar-refractivity contribution in [2.75, 3.05) is 0 Å². The maximum atomic E-state index is 6.20. The van der Waals surface area contributed by atoms with Crippen molar-refractivity contribution in [1.82, 2.24) is 5.32 Å². The van der Waals surface area contributed by atoms with E-state index in [1.807, 2.05) is 11.3 Å². The molecule has 0 bridgehead atoms. The van der Waals surface area contributed by atoms with Gasteiger partial charge in [-0.1, -0.05) is 0 Å². The summed E-state index contributed by atoms with van der Waals surface area (Å²) in [5.74, 6) is 0. The lowest BCUT2D eigenvalue weighted by molar-refractivity contribution is -0.0705. The lowest BCUT2D eigenvalue weighted by Gasteiger charge is -2.33. The lowest BCUT2D eigenvalue weighted by Crippen LogP contribution is -2.45. The van der Waals surface area contributed by atoms with Crippen molar-refractivity contribution in [2.45, 2.75) is 76.7 Å². The summed E-state index contributed by atoms with van der Waals surface area (Å²) in [6.45, 7) is 8.84. The van der Waals surface area contributed by atoms with Gasteiger partial charge in [0.2, 0.25) is 0 Å². The molecule has 2 nitrogen and oxygen atoms in total. The van der Waals surface area contributed by atoms with Crippen LogP contribution in [0, 0.1) is 0 Å². The molecule has 0 spiro atoms.